The Morgan fingerprint density at radius 3 is 2.18 bits per heavy atom. The fourth-order valence-corrected chi connectivity index (χ4v) is 3.41. The second-order valence-electron chi connectivity index (χ2n) is 5.90. The van der Waals surface area contributed by atoms with Gasteiger partial charge in [-0.2, -0.15) is 13.2 Å². The van der Waals surface area contributed by atoms with Gasteiger partial charge in [0, 0.05) is 16.3 Å². The Morgan fingerprint density at radius 1 is 0.893 bits per heavy atom. The van der Waals surface area contributed by atoms with Crippen molar-refractivity contribution in [2.75, 3.05) is 16.2 Å². The first-order valence-electron chi connectivity index (χ1n) is 8.44. The standard InChI is InChI=1S/C21H17F3N2OS/c22-21(23,24)16-8-7-11-18(14-16)26(28-19-12-5-2-6-13-19)15-20(27)25-17-9-3-1-4-10-17/h1-14H,15H2,(H,25,27). The zero-order valence-electron chi connectivity index (χ0n) is 14.7. The van der Waals surface area contributed by atoms with Crippen molar-refractivity contribution < 1.29 is 18.0 Å². The lowest BCUT2D eigenvalue weighted by atomic mass is 10.2. The molecule has 0 saturated heterocycles. The number of hydrogen-bond donors (Lipinski definition) is 1. The van der Waals surface area contributed by atoms with Crippen LogP contribution >= 0.6 is 11.9 Å². The number of amides is 1. The van der Waals surface area contributed by atoms with E-state index in [0.717, 1.165) is 17.0 Å². The van der Waals surface area contributed by atoms with Gasteiger partial charge in [0.05, 0.1) is 5.56 Å². The van der Waals surface area contributed by atoms with Crippen LogP contribution in [0.15, 0.2) is 89.8 Å². The third-order valence-corrected chi connectivity index (χ3v) is 4.81. The molecule has 0 heterocycles. The van der Waals surface area contributed by atoms with Crippen LogP contribution in [0.2, 0.25) is 0 Å². The molecule has 144 valence electrons. The average molecular weight is 402 g/mol. The third kappa shape index (κ3) is 5.53. The molecule has 0 saturated carbocycles. The van der Waals surface area contributed by atoms with Crippen molar-refractivity contribution in [3.8, 4) is 0 Å². The molecular weight excluding hydrogens is 385 g/mol. The maximum Gasteiger partial charge on any atom is 0.416 e. The molecule has 3 aromatic rings. The molecule has 0 aromatic heterocycles. The highest BCUT2D eigenvalue weighted by molar-refractivity contribution is 8.00. The zero-order valence-corrected chi connectivity index (χ0v) is 15.5. The maximum absolute atomic E-state index is 13.1. The van der Waals surface area contributed by atoms with E-state index >= 15 is 0 Å². The number of halogens is 3. The Balaban J connectivity index is 1.84. The van der Waals surface area contributed by atoms with E-state index in [2.05, 4.69) is 5.32 Å². The molecule has 0 fully saturated rings. The van der Waals surface area contributed by atoms with Gasteiger partial charge in [-0.3, -0.25) is 4.79 Å². The van der Waals surface area contributed by atoms with Crippen molar-refractivity contribution in [3.05, 3.63) is 90.5 Å². The van der Waals surface area contributed by atoms with Crippen molar-refractivity contribution in [1.29, 1.82) is 0 Å². The van der Waals surface area contributed by atoms with Gasteiger partial charge in [0.25, 0.3) is 0 Å². The molecule has 1 N–H and O–H groups in total. The molecule has 7 heteroatoms. The third-order valence-electron chi connectivity index (χ3n) is 3.77. The van der Waals surface area contributed by atoms with Crippen molar-refractivity contribution in [3.63, 3.8) is 0 Å². The highest BCUT2D eigenvalue weighted by atomic mass is 32.2. The van der Waals surface area contributed by atoms with E-state index in [1.165, 1.54) is 18.0 Å². The second-order valence-corrected chi connectivity index (χ2v) is 7.00. The zero-order chi connectivity index (χ0) is 20.0. The van der Waals surface area contributed by atoms with Crippen LogP contribution in [0, 0.1) is 0 Å². The number of para-hydroxylation sites is 1. The molecular formula is C21H17F3N2OS. The summed E-state index contributed by atoms with van der Waals surface area (Å²) >= 11 is 1.21. The minimum absolute atomic E-state index is 0.115. The lowest BCUT2D eigenvalue weighted by Crippen LogP contribution is -2.28. The monoisotopic (exact) mass is 402 g/mol. The summed E-state index contributed by atoms with van der Waals surface area (Å²) in [6.07, 6.45) is -4.45. The van der Waals surface area contributed by atoms with Gasteiger partial charge in [-0.1, -0.05) is 42.5 Å². The van der Waals surface area contributed by atoms with Crippen LogP contribution in [0.5, 0.6) is 0 Å². The number of alkyl halides is 3. The Bertz CT molecular complexity index is 918. The summed E-state index contributed by atoms with van der Waals surface area (Å²) in [6.45, 7) is -0.115. The largest absolute Gasteiger partial charge is 0.416 e. The van der Waals surface area contributed by atoms with Gasteiger partial charge in [0.1, 0.15) is 6.54 Å². The van der Waals surface area contributed by atoms with Crippen LogP contribution in [-0.2, 0) is 11.0 Å². The smallest absolute Gasteiger partial charge is 0.325 e. The number of nitrogens with one attached hydrogen (secondary N) is 1. The first-order valence-corrected chi connectivity index (χ1v) is 9.22. The van der Waals surface area contributed by atoms with Gasteiger partial charge in [0.2, 0.25) is 5.91 Å². The highest BCUT2D eigenvalue weighted by Gasteiger charge is 2.31. The average Bonchev–Trinajstić information content (AvgIpc) is 2.68. The summed E-state index contributed by atoms with van der Waals surface area (Å²) in [6, 6.07) is 23.0. The number of hydrogen-bond acceptors (Lipinski definition) is 3. The van der Waals surface area contributed by atoms with Crippen LogP contribution in [0.3, 0.4) is 0 Å². The predicted molar refractivity (Wildman–Crippen MR) is 106 cm³/mol. The Hall–Kier alpha value is -2.93. The minimum atomic E-state index is -4.45. The summed E-state index contributed by atoms with van der Waals surface area (Å²) in [5.41, 5.74) is 0.167. The number of nitrogens with zero attached hydrogens (tertiary/aromatic N) is 1. The van der Waals surface area contributed by atoms with Crippen LogP contribution in [0.1, 0.15) is 5.56 Å². The van der Waals surface area contributed by atoms with Crippen LogP contribution in [-0.4, -0.2) is 12.5 Å². The van der Waals surface area contributed by atoms with Crippen molar-refractivity contribution in [2.24, 2.45) is 0 Å². The van der Waals surface area contributed by atoms with E-state index in [1.807, 2.05) is 36.4 Å². The van der Waals surface area contributed by atoms with E-state index in [1.54, 1.807) is 34.6 Å². The van der Waals surface area contributed by atoms with E-state index in [0.29, 0.717) is 11.4 Å². The number of rotatable bonds is 6. The minimum Gasteiger partial charge on any atom is -0.325 e. The first kappa shape index (κ1) is 19.8. The normalized spacial score (nSPS) is 11.1. The van der Waals surface area contributed by atoms with E-state index in [-0.39, 0.29) is 12.5 Å². The summed E-state index contributed by atoms with van der Waals surface area (Å²) in [5, 5.41) is 2.76. The summed E-state index contributed by atoms with van der Waals surface area (Å²) in [7, 11) is 0. The van der Waals surface area contributed by atoms with Gasteiger partial charge < -0.3 is 9.62 Å². The molecule has 28 heavy (non-hydrogen) atoms. The fraction of sp³-hybridized carbons (Fsp3) is 0.0952. The fourth-order valence-electron chi connectivity index (χ4n) is 2.47. The maximum atomic E-state index is 13.1. The van der Waals surface area contributed by atoms with E-state index in [4.69, 9.17) is 0 Å². The van der Waals surface area contributed by atoms with Gasteiger partial charge in [-0.15, -0.1) is 0 Å². The molecule has 0 aliphatic carbocycles. The van der Waals surface area contributed by atoms with Crippen molar-refractivity contribution in [2.45, 2.75) is 11.1 Å². The van der Waals surface area contributed by atoms with Gasteiger partial charge in [0.15, 0.2) is 0 Å². The molecule has 3 rings (SSSR count). The lowest BCUT2D eigenvalue weighted by molar-refractivity contribution is -0.137. The van der Waals surface area contributed by atoms with Gasteiger partial charge in [-0.25, -0.2) is 0 Å². The summed E-state index contributed by atoms with van der Waals surface area (Å²) in [5.74, 6) is -0.327. The Labute approximate surface area is 165 Å². The SMILES string of the molecule is O=C(CN(Sc1ccccc1)c1cccc(C(F)(F)F)c1)Nc1ccccc1. The molecule has 0 aliphatic rings. The van der Waals surface area contributed by atoms with Crippen LogP contribution < -0.4 is 9.62 Å². The van der Waals surface area contributed by atoms with Crippen LogP contribution in [0.4, 0.5) is 24.5 Å². The molecule has 0 aliphatic heterocycles. The molecule has 3 nitrogen and oxygen atoms in total. The Morgan fingerprint density at radius 2 is 1.54 bits per heavy atom. The molecule has 0 atom stereocenters. The topological polar surface area (TPSA) is 32.3 Å². The number of anilines is 2. The molecule has 0 unspecified atom stereocenters. The van der Waals surface area contributed by atoms with E-state index in [9.17, 15) is 18.0 Å². The molecule has 0 radical (unpaired) electrons. The first-order chi connectivity index (χ1) is 13.4. The second kappa shape index (κ2) is 8.84. The molecule has 3 aromatic carbocycles. The predicted octanol–water partition coefficient (Wildman–Crippen LogP) is 5.86. The van der Waals surface area contributed by atoms with Crippen molar-refractivity contribution >= 4 is 29.2 Å². The number of carbonyl (C=O) groups excluding carboxylic acids is 1. The van der Waals surface area contributed by atoms with E-state index < -0.39 is 11.7 Å². The molecule has 1 amide bonds. The number of carbonyl (C=O) groups is 1. The molecule has 0 bridgehead atoms. The quantitative estimate of drug-likeness (QED) is 0.525. The summed E-state index contributed by atoms with van der Waals surface area (Å²) < 4.78 is 40.9. The lowest BCUT2D eigenvalue weighted by Gasteiger charge is -2.23. The number of benzene rings is 3. The van der Waals surface area contributed by atoms with Gasteiger partial charge >= 0.3 is 6.18 Å². The van der Waals surface area contributed by atoms with Crippen LogP contribution in [0.25, 0.3) is 0 Å². The Kier molecular flexibility index (Phi) is 6.26. The van der Waals surface area contributed by atoms with Crippen molar-refractivity contribution in [1.82, 2.24) is 0 Å². The summed E-state index contributed by atoms with van der Waals surface area (Å²) in [4.78, 5) is 13.3. The van der Waals surface area contributed by atoms with Gasteiger partial charge in [-0.05, 0) is 54.4 Å². The molecule has 0 spiro atoms. The highest BCUT2D eigenvalue weighted by Crippen LogP contribution is 2.34.